The molecule has 118 valence electrons. The molecule has 3 rings (SSSR count). The molecule has 1 aliphatic heterocycles. The first-order valence-corrected chi connectivity index (χ1v) is 7.90. The Balaban J connectivity index is 1.76. The van der Waals surface area contributed by atoms with Gasteiger partial charge in [-0.25, -0.2) is 0 Å². The van der Waals surface area contributed by atoms with E-state index in [0.29, 0.717) is 12.1 Å². The van der Waals surface area contributed by atoms with Crippen LogP contribution in [0.15, 0.2) is 36.9 Å². The van der Waals surface area contributed by atoms with E-state index in [2.05, 4.69) is 46.2 Å². The molecule has 0 amide bonds. The molecule has 5 nitrogen and oxygen atoms in total. The predicted molar refractivity (Wildman–Crippen MR) is 87.4 cm³/mol. The summed E-state index contributed by atoms with van der Waals surface area (Å²) in [5.41, 5.74) is 2.61. The second-order valence-electron chi connectivity index (χ2n) is 6.45. The minimum Gasteiger partial charge on any atom is -0.305 e. The van der Waals surface area contributed by atoms with Crippen LogP contribution in [0.25, 0.3) is 0 Å². The maximum absolute atomic E-state index is 4.31. The lowest BCUT2D eigenvalue weighted by molar-refractivity contribution is 0.178. The van der Waals surface area contributed by atoms with E-state index < -0.39 is 0 Å². The molecule has 2 aromatic heterocycles. The molecular weight excluding hydrogens is 274 g/mol. The monoisotopic (exact) mass is 299 g/mol. The Morgan fingerprint density at radius 3 is 2.77 bits per heavy atom. The van der Waals surface area contributed by atoms with Gasteiger partial charge in [-0.1, -0.05) is 6.07 Å². The lowest BCUT2D eigenvalue weighted by atomic mass is 10.0. The van der Waals surface area contributed by atoms with Crippen molar-refractivity contribution >= 4 is 0 Å². The van der Waals surface area contributed by atoms with E-state index in [-0.39, 0.29) is 0 Å². The van der Waals surface area contributed by atoms with E-state index in [1.165, 1.54) is 17.5 Å². The third kappa shape index (κ3) is 3.36. The molecule has 1 fully saturated rings. The van der Waals surface area contributed by atoms with Crippen LogP contribution in [0.2, 0.25) is 0 Å². The number of aryl methyl sites for hydroxylation is 1. The lowest BCUT2D eigenvalue weighted by Gasteiger charge is -2.31. The number of hydrogen-bond acceptors (Lipinski definition) is 4. The molecular formula is C17H25N5. The number of aromatic nitrogens is 3. The Bertz CT molecular complexity index is 592. The lowest BCUT2D eigenvalue weighted by Crippen LogP contribution is -2.43. The maximum Gasteiger partial charge on any atom is 0.0522 e. The van der Waals surface area contributed by atoms with Crippen LogP contribution in [-0.4, -0.2) is 57.3 Å². The number of hydrogen-bond donors (Lipinski definition) is 0. The number of likely N-dealkylation sites (N-methyl/N-ethyl adjacent to an activating group) is 1. The smallest absolute Gasteiger partial charge is 0.0522 e. The summed E-state index contributed by atoms with van der Waals surface area (Å²) in [5.74, 6) is 0. The summed E-state index contributed by atoms with van der Waals surface area (Å²) in [4.78, 5) is 9.20. The highest BCUT2D eigenvalue weighted by Crippen LogP contribution is 2.26. The van der Waals surface area contributed by atoms with Gasteiger partial charge in [0.25, 0.3) is 0 Å². The van der Waals surface area contributed by atoms with Crippen molar-refractivity contribution in [1.82, 2.24) is 24.6 Å². The number of pyridine rings is 1. The summed E-state index contributed by atoms with van der Waals surface area (Å²) >= 11 is 0. The molecule has 3 heterocycles. The van der Waals surface area contributed by atoms with Crippen LogP contribution < -0.4 is 0 Å². The van der Waals surface area contributed by atoms with Gasteiger partial charge < -0.3 is 4.90 Å². The van der Waals surface area contributed by atoms with Crippen LogP contribution in [0.1, 0.15) is 17.5 Å². The molecule has 0 N–H and O–H groups in total. The molecule has 0 spiro atoms. The van der Waals surface area contributed by atoms with Gasteiger partial charge in [0.05, 0.1) is 6.20 Å². The second kappa shape index (κ2) is 6.58. The van der Waals surface area contributed by atoms with Gasteiger partial charge in [-0.3, -0.25) is 14.6 Å². The highest BCUT2D eigenvalue weighted by atomic mass is 15.3. The van der Waals surface area contributed by atoms with Crippen LogP contribution in [-0.2, 0) is 20.0 Å². The third-order valence-corrected chi connectivity index (χ3v) is 4.60. The Hall–Kier alpha value is -1.72. The van der Waals surface area contributed by atoms with Crippen molar-refractivity contribution in [3.63, 3.8) is 0 Å². The molecule has 1 saturated heterocycles. The van der Waals surface area contributed by atoms with Crippen molar-refractivity contribution in [2.75, 3.05) is 20.6 Å². The molecule has 0 aromatic carbocycles. The van der Waals surface area contributed by atoms with Gasteiger partial charge in [-0.2, -0.15) is 5.10 Å². The first-order valence-electron chi connectivity index (χ1n) is 7.90. The zero-order valence-electron chi connectivity index (χ0n) is 13.7. The molecule has 0 radical (unpaired) electrons. The fourth-order valence-electron chi connectivity index (χ4n) is 3.51. The zero-order valence-corrected chi connectivity index (χ0v) is 13.7. The fraction of sp³-hybridized carbons (Fsp3) is 0.529. The van der Waals surface area contributed by atoms with Gasteiger partial charge in [-0.05, 0) is 44.1 Å². The van der Waals surface area contributed by atoms with Crippen molar-refractivity contribution in [2.45, 2.75) is 31.5 Å². The topological polar surface area (TPSA) is 37.2 Å². The van der Waals surface area contributed by atoms with E-state index in [1.54, 1.807) is 0 Å². The highest BCUT2D eigenvalue weighted by molar-refractivity contribution is 5.12. The molecule has 0 aliphatic carbocycles. The van der Waals surface area contributed by atoms with Gasteiger partial charge in [0.2, 0.25) is 0 Å². The van der Waals surface area contributed by atoms with Crippen LogP contribution in [0.5, 0.6) is 0 Å². The molecule has 1 aliphatic rings. The summed E-state index contributed by atoms with van der Waals surface area (Å²) in [6, 6.07) is 5.30. The van der Waals surface area contributed by atoms with Crippen molar-refractivity contribution in [3.05, 3.63) is 48.0 Å². The SMILES string of the molecule is CN(C)[C@@H]1CCN(Cc2cccnc2)[C@H]1Cc1cnn(C)c1. The largest absolute Gasteiger partial charge is 0.305 e. The van der Waals surface area contributed by atoms with Gasteiger partial charge in [0.15, 0.2) is 0 Å². The zero-order chi connectivity index (χ0) is 15.5. The number of nitrogens with zero attached hydrogens (tertiary/aromatic N) is 5. The quantitative estimate of drug-likeness (QED) is 0.840. The summed E-state index contributed by atoms with van der Waals surface area (Å²) in [5, 5.41) is 4.31. The molecule has 0 saturated carbocycles. The third-order valence-electron chi connectivity index (χ3n) is 4.60. The van der Waals surface area contributed by atoms with E-state index in [4.69, 9.17) is 0 Å². The number of rotatable bonds is 5. The second-order valence-corrected chi connectivity index (χ2v) is 6.45. The minimum atomic E-state index is 0.527. The molecule has 22 heavy (non-hydrogen) atoms. The Kier molecular flexibility index (Phi) is 4.55. The van der Waals surface area contributed by atoms with Crippen molar-refractivity contribution < 1.29 is 0 Å². The fourth-order valence-corrected chi connectivity index (χ4v) is 3.51. The maximum atomic E-state index is 4.31. The molecule has 5 heteroatoms. The van der Waals surface area contributed by atoms with Crippen LogP contribution in [0.4, 0.5) is 0 Å². The van der Waals surface area contributed by atoms with Crippen LogP contribution in [0.3, 0.4) is 0 Å². The van der Waals surface area contributed by atoms with E-state index >= 15 is 0 Å². The Morgan fingerprint density at radius 2 is 2.14 bits per heavy atom. The minimum absolute atomic E-state index is 0.527. The van der Waals surface area contributed by atoms with Crippen molar-refractivity contribution in [3.8, 4) is 0 Å². The van der Waals surface area contributed by atoms with Crippen LogP contribution in [0, 0.1) is 0 Å². The molecule has 0 unspecified atom stereocenters. The summed E-state index contributed by atoms with van der Waals surface area (Å²) in [7, 11) is 6.36. The van der Waals surface area contributed by atoms with Gasteiger partial charge >= 0.3 is 0 Å². The first-order chi connectivity index (χ1) is 10.6. The predicted octanol–water partition coefficient (Wildman–Crippen LogP) is 1.56. The van der Waals surface area contributed by atoms with E-state index in [0.717, 1.165) is 19.5 Å². The van der Waals surface area contributed by atoms with Crippen molar-refractivity contribution in [1.29, 1.82) is 0 Å². The Labute approximate surface area is 132 Å². The summed E-state index contributed by atoms with van der Waals surface area (Å²) < 4.78 is 1.89. The average molecular weight is 299 g/mol. The van der Waals surface area contributed by atoms with Crippen LogP contribution >= 0.6 is 0 Å². The standard InChI is InChI=1S/C17H25N5/c1-20(2)16-6-8-22(13-14-5-4-7-18-10-14)17(16)9-15-11-19-21(3)12-15/h4-5,7,10-12,16-17H,6,8-9,13H2,1-3H3/t16-,17+/m1/s1. The summed E-state index contributed by atoms with van der Waals surface area (Å²) in [6.45, 7) is 2.12. The Morgan fingerprint density at radius 1 is 1.27 bits per heavy atom. The van der Waals surface area contributed by atoms with Gasteiger partial charge in [-0.15, -0.1) is 0 Å². The highest BCUT2D eigenvalue weighted by Gasteiger charge is 2.35. The van der Waals surface area contributed by atoms with Crippen molar-refractivity contribution in [2.24, 2.45) is 7.05 Å². The summed E-state index contributed by atoms with van der Waals surface area (Å²) in [6.07, 6.45) is 10.2. The van der Waals surface area contributed by atoms with Gasteiger partial charge in [0, 0.05) is 50.8 Å². The molecule has 0 bridgehead atoms. The number of likely N-dealkylation sites (tertiary alicyclic amines) is 1. The van der Waals surface area contributed by atoms with Gasteiger partial charge in [0.1, 0.15) is 0 Å². The molecule has 2 aromatic rings. The van der Waals surface area contributed by atoms with E-state index in [9.17, 15) is 0 Å². The molecule has 2 atom stereocenters. The average Bonchev–Trinajstić information content (AvgIpc) is 3.08. The van der Waals surface area contributed by atoms with E-state index in [1.807, 2.05) is 36.4 Å². The first kappa shape index (κ1) is 15.2. The normalized spacial score (nSPS) is 22.5.